The van der Waals surface area contributed by atoms with Crippen molar-refractivity contribution in [3.05, 3.63) is 84.3 Å². The van der Waals surface area contributed by atoms with E-state index in [4.69, 9.17) is 30.8 Å². The van der Waals surface area contributed by atoms with Gasteiger partial charge in [-0.2, -0.15) is 0 Å². The Hall–Kier alpha value is -0.632. The Bertz CT molecular complexity index is 1310. The summed E-state index contributed by atoms with van der Waals surface area (Å²) >= 11 is -0.346. The van der Waals surface area contributed by atoms with Crippen molar-refractivity contribution in [3.8, 4) is 11.1 Å². The fraction of sp³-hybridized carbons (Fsp3) is 0.333. The Morgan fingerprint density at radius 2 is 1.27 bits per heavy atom. The number of nitrogens with one attached hydrogen (secondary N) is 2. The molecular weight excluding hydrogens is 663 g/mol. The normalized spacial score (nSPS) is 17.1. The van der Waals surface area contributed by atoms with E-state index in [0.29, 0.717) is 13.1 Å². The van der Waals surface area contributed by atoms with Crippen LogP contribution in [0.3, 0.4) is 0 Å². The molecule has 0 bridgehead atoms. The summed E-state index contributed by atoms with van der Waals surface area (Å²) in [7, 11) is 8.05. The zero-order valence-electron chi connectivity index (χ0n) is 23.8. The van der Waals surface area contributed by atoms with E-state index in [1.54, 1.807) is 17.4 Å². The van der Waals surface area contributed by atoms with Gasteiger partial charge in [0.05, 0.1) is 37.3 Å². The molecule has 40 heavy (non-hydrogen) atoms. The monoisotopic (exact) mass is 703 g/mol. The van der Waals surface area contributed by atoms with Crippen molar-refractivity contribution in [1.29, 1.82) is 0 Å². The third kappa shape index (κ3) is 8.26. The standard InChI is InChI=1S/C24H24P2.C6H14BN3O.2ClH.Ru/c1-25(2)21-15-13-17-9-5-7-11-19(17)23(21)24-20-12-8-6-10-18(20)14-16-22(24)26(3)4;1-7(11)10-4-5(9)2-6(10)3-8;;;/h5-16H,1-4H3;5-6,8-9,11H,2-4H2,1H3;2*1H;/q;-2;;;+4/t;5-,6-;;;/m.1.../s1. The Kier molecular flexibility index (Phi) is 13.8. The second kappa shape index (κ2) is 16.3. The molecule has 0 saturated carbocycles. The van der Waals surface area contributed by atoms with Crippen molar-refractivity contribution in [1.82, 2.24) is 4.81 Å². The molecule has 214 valence electrons. The van der Waals surface area contributed by atoms with Crippen LogP contribution in [0.4, 0.5) is 0 Å². The predicted molar refractivity (Wildman–Crippen MR) is 184 cm³/mol. The van der Waals surface area contributed by atoms with E-state index in [9.17, 15) is 5.02 Å². The number of rotatable bonds is 5. The number of fused-ring (bicyclic) bond motifs is 2. The number of benzene rings is 4. The number of nitrogens with zero attached hydrogens (tertiary/aromatic N) is 1. The second-order valence-electron chi connectivity index (χ2n) is 10.6. The van der Waals surface area contributed by atoms with Crippen molar-refractivity contribution < 1.29 is 20.2 Å². The Labute approximate surface area is 258 Å². The first-order valence-corrected chi connectivity index (χ1v) is 22.9. The zero-order chi connectivity index (χ0) is 29.4. The summed E-state index contributed by atoms with van der Waals surface area (Å²) in [4.78, 5) is 1.82. The van der Waals surface area contributed by atoms with Gasteiger partial charge in [0.25, 0.3) is 0 Å². The quantitative estimate of drug-likeness (QED) is 0.170. The van der Waals surface area contributed by atoms with Crippen LogP contribution in [-0.2, 0) is 15.1 Å². The Morgan fingerprint density at radius 1 is 0.850 bits per heavy atom. The molecule has 1 fully saturated rings. The first kappa shape index (κ1) is 33.9. The molecule has 4 nitrogen and oxygen atoms in total. The van der Waals surface area contributed by atoms with Crippen molar-refractivity contribution in [2.75, 3.05) is 39.7 Å². The van der Waals surface area contributed by atoms with Crippen molar-refractivity contribution >= 4 is 74.4 Å². The van der Waals surface area contributed by atoms with Crippen molar-refractivity contribution in [2.24, 2.45) is 0 Å². The third-order valence-electron chi connectivity index (χ3n) is 7.36. The van der Waals surface area contributed by atoms with Gasteiger partial charge in [0, 0.05) is 27.0 Å². The van der Waals surface area contributed by atoms with Gasteiger partial charge in [0.15, 0.2) is 0 Å². The molecule has 3 N–H and O–H groups in total. The molecular formula is C30H40BCl2N3OP2Ru+2. The summed E-state index contributed by atoms with van der Waals surface area (Å²) in [6, 6.07) is 27.1. The van der Waals surface area contributed by atoms with Gasteiger partial charge in [0.2, 0.25) is 0 Å². The molecule has 0 spiro atoms. The molecule has 0 aromatic heterocycles. The SMILES string of the molecule is CB(O)N1C[C@H]([NH-])C[C@@H]1C[NH-].C[PH+](C)c1ccc2ccccc2c1-c1c([PH+](C)C)ccc2ccccc12.[Cl][Ru+2][Cl]. The molecule has 1 saturated heterocycles. The average Bonchev–Trinajstić information content (AvgIpc) is 3.33. The topological polar surface area (TPSA) is 71.1 Å². The van der Waals surface area contributed by atoms with Gasteiger partial charge in [-0.15, -0.1) is 12.6 Å². The molecule has 5 rings (SSSR count). The van der Waals surface area contributed by atoms with E-state index < -0.39 is 22.9 Å². The second-order valence-corrected chi connectivity index (χ2v) is 18.3. The summed E-state index contributed by atoms with van der Waals surface area (Å²) in [6.07, 6.45) is 0.731. The molecule has 10 heteroatoms. The van der Waals surface area contributed by atoms with E-state index in [0.717, 1.165) is 6.42 Å². The summed E-state index contributed by atoms with van der Waals surface area (Å²) < 4.78 is 0. The van der Waals surface area contributed by atoms with Gasteiger partial charge in [-0.1, -0.05) is 67.1 Å². The predicted octanol–water partition coefficient (Wildman–Crippen LogP) is 7.88. The number of hydrogen-bond donors (Lipinski definition) is 1. The minimum absolute atomic E-state index is 0.0949. The summed E-state index contributed by atoms with van der Waals surface area (Å²) in [6.45, 7) is 12.2. The molecule has 0 unspecified atom stereocenters. The van der Waals surface area contributed by atoms with Crippen LogP contribution in [0.2, 0.25) is 6.82 Å². The van der Waals surface area contributed by atoms with Gasteiger partial charge in [-0.25, -0.2) is 0 Å². The Morgan fingerprint density at radius 3 is 1.62 bits per heavy atom. The molecule has 2 atom stereocenters. The van der Waals surface area contributed by atoms with Crippen LogP contribution < -0.4 is 10.6 Å². The molecule has 1 aliphatic heterocycles. The summed E-state index contributed by atoms with van der Waals surface area (Å²) in [5.74, 6) is 0. The summed E-state index contributed by atoms with van der Waals surface area (Å²) in [5, 5.41) is 17.8. The zero-order valence-corrected chi connectivity index (χ0v) is 29.0. The first-order valence-electron chi connectivity index (χ1n) is 13.4. The molecule has 0 radical (unpaired) electrons. The van der Waals surface area contributed by atoms with Gasteiger partial charge in [-0.3, -0.25) is 0 Å². The molecule has 0 amide bonds. The maximum atomic E-state index is 9.23. The number of halogens is 2. The molecule has 4 aromatic carbocycles. The third-order valence-corrected chi connectivity index (χ3v) is 10.3. The van der Waals surface area contributed by atoms with Gasteiger partial charge >= 0.3 is 41.6 Å². The maximum absolute atomic E-state index is 9.23. The van der Waals surface area contributed by atoms with Crippen molar-refractivity contribution in [2.45, 2.75) is 25.3 Å². The van der Waals surface area contributed by atoms with Crippen LogP contribution in [-0.4, -0.2) is 68.7 Å². The van der Waals surface area contributed by atoms with Crippen LogP contribution in [0, 0.1) is 0 Å². The minimum atomic E-state index is -0.578. The van der Waals surface area contributed by atoms with E-state index in [2.05, 4.69) is 99.5 Å². The van der Waals surface area contributed by atoms with E-state index in [-0.39, 0.29) is 27.2 Å². The van der Waals surface area contributed by atoms with Gasteiger partial charge in [0.1, 0.15) is 0 Å². The van der Waals surface area contributed by atoms with E-state index in [1.807, 2.05) is 4.81 Å². The van der Waals surface area contributed by atoms with Crippen LogP contribution in [0.5, 0.6) is 0 Å². The summed E-state index contributed by atoms with van der Waals surface area (Å²) in [5.41, 5.74) is 17.6. The average molecular weight is 703 g/mol. The van der Waals surface area contributed by atoms with Crippen LogP contribution >= 0.6 is 35.2 Å². The molecule has 4 aromatic rings. The van der Waals surface area contributed by atoms with Crippen LogP contribution in [0.1, 0.15) is 6.42 Å². The molecule has 0 aliphatic carbocycles. The molecule has 1 heterocycles. The fourth-order valence-electron chi connectivity index (χ4n) is 5.52. The molecule has 1 aliphatic rings. The first-order chi connectivity index (χ1) is 19.1. The van der Waals surface area contributed by atoms with Gasteiger partial charge < -0.3 is 21.3 Å². The van der Waals surface area contributed by atoms with E-state index in [1.165, 1.54) is 32.7 Å². The van der Waals surface area contributed by atoms with Gasteiger partial charge in [-0.05, 0) is 53.1 Å². The van der Waals surface area contributed by atoms with E-state index >= 15 is 0 Å². The number of hydrogen-bond acceptors (Lipinski definition) is 2. The van der Waals surface area contributed by atoms with Crippen LogP contribution in [0.15, 0.2) is 72.8 Å². The van der Waals surface area contributed by atoms with Crippen molar-refractivity contribution in [3.63, 3.8) is 0 Å². The fourth-order valence-corrected chi connectivity index (χ4v) is 7.87. The Balaban J connectivity index is 0.000000263. The van der Waals surface area contributed by atoms with Crippen LogP contribution in [0.25, 0.3) is 44.1 Å².